The largest absolute Gasteiger partial charge is 0.490 e. The number of aryl methyl sites for hydroxylation is 1. The highest BCUT2D eigenvalue weighted by Crippen LogP contribution is 2.31. The highest BCUT2D eigenvalue weighted by molar-refractivity contribution is 5.78. The summed E-state index contributed by atoms with van der Waals surface area (Å²) in [5.41, 5.74) is 5.27. The van der Waals surface area contributed by atoms with E-state index in [1.54, 1.807) is 13.0 Å². The van der Waals surface area contributed by atoms with Gasteiger partial charge in [-0.3, -0.25) is 14.9 Å². The fourth-order valence-electron chi connectivity index (χ4n) is 2.61. The lowest BCUT2D eigenvalue weighted by atomic mass is 9.81. The molecule has 2 atom stereocenters. The summed E-state index contributed by atoms with van der Waals surface area (Å²) >= 11 is 0. The van der Waals surface area contributed by atoms with Crippen LogP contribution in [0.25, 0.3) is 0 Å². The van der Waals surface area contributed by atoms with Crippen molar-refractivity contribution in [2.45, 2.75) is 44.2 Å². The fourth-order valence-corrected chi connectivity index (χ4v) is 2.61. The first-order valence-electron chi connectivity index (χ1n) is 6.76. The van der Waals surface area contributed by atoms with Crippen LogP contribution in [0.15, 0.2) is 18.2 Å². The van der Waals surface area contributed by atoms with E-state index in [0.717, 1.165) is 6.42 Å². The topological polar surface area (TPSA) is 116 Å². The third-order valence-corrected chi connectivity index (χ3v) is 3.83. The van der Waals surface area contributed by atoms with E-state index < -0.39 is 16.4 Å². The van der Waals surface area contributed by atoms with Gasteiger partial charge in [0.15, 0.2) is 0 Å². The number of rotatable bonds is 4. The van der Waals surface area contributed by atoms with Gasteiger partial charge in [0.25, 0.3) is 5.69 Å². The Bertz CT molecular complexity index is 574. The Balaban J connectivity index is 2.11. The molecule has 1 aromatic carbocycles. The van der Waals surface area contributed by atoms with Gasteiger partial charge in [0, 0.05) is 18.6 Å². The number of non-ortho nitro benzene ring substituents is 1. The molecule has 0 bridgehead atoms. The summed E-state index contributed by atoms with van der Waals surface area (Å²) in [5, 5.41) is 19.9. The van der Waals surface area contributed by atoms with E-state index >= 15 is 0 Å². The lowest BCUT2D eigenvalue weighted by Gasteiger charge is -2.34. The van der Waals surface area contributed by atoms with E-state index in [1.165, 1.54) is 12.1 Å². The number of carboxylic acid groups (broad SMARTS) is 1. The molecule has 3 N–H and O–H groups in total. The lowest BCUT2D eigenvalue weighted by Crippen LogP contribution is -2.53. The molecule has 1 aliphatic rings. The zero-order valence-corrected chi connectivity index (χ0v) is 11.7. The molecule has 2 unspecified atom stereocenters. The number of nitro benzene ring substituents is 1. The van der Waals surface area contributed by atoms with Gasteiger partial charge < -0.3 is 15.6 Å². The Labute approximate surface area is 121 Å². The summed E-state index contributed by atoms with van der Waals surface area (Å²) in [5.74, 6) is -0.489. The first-order chi connectivity index (χ1) is 9.82. The van der Waals surface area contributed by atoms with Gasteiger partial charge in [-0.15, -0.1) is 0 Å². The van der Waals surface area contributed by atoms with E-state index in [2.05, 4.69) is 0 Å². The highest BCUT2D eigenvalue weighted by Gasteiger charge is 2.40. The predicted molar refractivity (Wildman–Crippen MR) is 75.3 cm³/mol. The van der Waals surface area contributed by atoms with Crippen molar-refractivity contribution >= 4 is 11.7 Å². The highest BCUT2D eigenvalue weighted by atomic mass is 16.6. The van der Waals surface area contributed by atoms with Crippen LogP contribution in [-0.2, 0) is 4.79 Å². The normalized spacial score (nSPS) is 25.3. The number of nitrogens with two attached hydrogens (primary N) is 1. The molecule has 7 heteroatoms. The summed E-state index contributed by atoms with van der Waals surface area (Å²) < 4.78 is 5.80. The minimum absolute atomic E-state index is 0.00204. The Morgan fingerprint density at radius 3 is 2.86 bits per heavy atom. The molecule has 1 aliphatic carbocycles. The second-order valence-corrected chi connectivity index (χ2v) is 5.50. The van der Waals surface area contributed by atoms with Gasteiger partial charge in [-0.2, -0.15) is 0 Å². The van der Waals surface area contributed by atoms with Gasteiger partial charge >= 0.3 is 5.97 Å². The number of benzene rings is 1. The average Bonchev–Trinajstić information content (AvgIpc) is 2.41. The fraction of sp³-hybridized carbons (Fsp3) is 0.500. The number of hydrogen-bond donors (Lipinski definition) is 2. The summed E-state index contributed by atoms with van der Waals surface area (Å²) in [7, 11) is 0. The molecular weight excluding hydrogens is 276 g/mol. The van der Waals surface area contributed by atoms with E-state index in [9.17, 15) is 20.0 Å². The van der Waals surface area contributed by atoms with Crippen LogP contribution < -0.4 is 10.5 Å². The van der Waals surface area contributed by atoms with Crippen LogP contribution in [0.2, 0.25) is 0 Å². The summed E-state index contributed by atoms with van der Waals surface area (Å²) in [6.45, 7) is 1.72. The van der Waals surface area contributed by atoms with Crippen molar-refractivity contribution in [1.29, 1.82) is 0 Å². The first-order valence-corrected chi connectivity index (χ1v) is 6.76. The Morgan fingerprint density at radius 2 is 2.29 bits per heavy atom. The third-order valence-electron chi connectivity index (χ3n) is 3.83. The van der Waals surface area contributed by atoms with Gasteiger partial charge in [0.05, 0.1) is 4.92 Å². The molecule has 0 spiro atoms. The minimum atomic E-state index is -1.25. The molecule has 1 fully saturated rings. The van der Waals surface area contributed by atoms with E-state index in [1.807, 2.05) is 0 Å². The zero-order valence-electron chi connectivity index (χ0n) is 11.7. The van der Waals surface area contributed by atoms with Crippen molar-refractivity contribution in [3.8, 4) is 5.75 Å². The van der Waals surface area contributed by atoms with Gasteiger partial charge in [0.1, 0.15) is 17.4 Å². The van der Waals surface area contributed by atoms with Gasteiger partial charge in [0.2, 0.25) is 0 Å². The molecule has 2 rings (SSSR count). The number of carboxylic acids is 1. The van der Waals surface area contributed by atoms with Gasteiger partial charge in [-0.1, -0.05) is 0 Å². The van der Waals surface area contributed by atoms with Crippen molar-refractivity contribution in [2.24, 2.45) is 5.73 Å². The average molecular weight is 294 g/mol. The SMILES string of the molecule is Cc1cc([N+](=O)[O-])ccc1OC1CCCC(N)(C(=O)O)C1. The molecule has 114 valence electrons. The van der Waals surface area contributed by atoms with Crippen LogP contribution in [-0.4, -0.2) is 27.6 Å². The number of aliphatic carboxylic acids is 1. The monoisotopic (exact) mass is 294 g/mol. The van der Waals surface area contributed by atoms with Crippen LogP contribution in [0.5, 0.6) is 5.75 Å². The van der Waals surface area contributed by atoms with Crippen LogP contribution >= 0.6 is 0 Å². The number of hydrogen-bond acceptors (Lipinski definition) is 5. The Morgan fingerprint density at radius 1 is 1.57 bits per heavy atom. The van der Waals surface area contributed by atoms with Crippen molar-refractivity contribution in [3.05, 3.63) is 33.9 Å². The molecule has 7 nitrogen and oxygen atoms in total. The number of nitrogens with zero attached hydrogens (tertiary/aromatic N) is 1. The molecule has 21 heavy (non-hydrogen) atoms. The smallest absolute Gasteiger partial charge is 0.323 e. The maximum Gasteiger partial charge on any atom is 0.323 e. The first kappa shape index (κ1) is 15.2. The molecule has 1 saturated carbocycles. The van der Waals surface area contributed by atoms with Crippen LogP contribution in [0, 0.1) is 17.0 Å². The predicted octanol–water partition coefficient (Wildman–Crippen LogP) is 2.01. The molecule has 0 saturated heterocycles. The van der Waals surface area contributed by atoms with Gasteiger partial charge in [-0.05, 0) is 37.8 Å². The standard InChI is InChI=1S/C14H18N2O5/c1-9-7-10(16(19)20)4-5-12(9)21-11-3-2-6-14(15,8-11)13(17)18/h4-5,7,11H,2-3,6,8,15H2,1H3,(H,17,18). The van der Waals surface area contributed by atoms with Crippen molar-refractivity contribution in [3.63, 3.8) is 0 Å². The molecule has 0 aliphatic heterocycles. The summed E-state index contributed by atoms with van der Waals surface area (Å²) in [6, 6.07) is 4.35. The van der Waals surface area contributed by atoms with Crippen molar-refractivity contribution < 1.29 is 19.6 Å². The van der Waals surface area contributed by atoms with Crippen LogP contribution in [0.1, 0.15) is 31.2 Å². The second-order valence-electron chi connectivity index (χ2n) is 5.50. The number of nitro groups is 1. The third kappa shape index (κ3) is 3.30. The zero-order chi connectivity index (χ0) is 15.6. The van der Waals surface area contributed by atoms with E-state index in [-0.39, 0.29) is 18.2 Å². The molecule has 1 aromatic rings. The molecule has 0 radical (unpaired) electrons. The maximum absolute atomic E-state index is 11.2. The number of ether oxygens (including phenoxy) is 1. The van der Waals surface area contributed by atoms with E-state index in [0.29, 0.717) is 24.2 Å². The van der Waals surface area contributed by atoms with Crippen LogP contribution in [0.4, 0.5) is 5.69 Å². The Kier molecular flexibility index (Phi) is 4.13. The van der Waals surface area contributed by atoms with Crippen molar-refractivity contribution in [1.82, 2.24) is 0 Å². The number of carbonyl (C=O) groups is 1. The molecule has 0 heterocycles. The minimum Gasteiger partial charge on any atom is -0.490 e. The second kappa shape index (κ2) is 5.69. The molecule has 0 aromatic heterocycles. The quantitative estimate of drug-likeness (QED) is 0.648. The summed E-state index contributed by atoms with van der Waals surface area (Å²) in [6.07, 6.45) is 1.78. The van der Waals surface area contributed by atoms with Crippen molar-refractivity contribution in [2.75, 3.05) is 0 Å². The lowest BCUT2D eigenvalue weighted by molar-refractivity contribution is -0.384. The molecule has 0 amide bonds. The summed E-state index contributed by atoms with van der Waals surface area (Å²) in [4.78, 5) is 21.4. The van der Waals surface area contributed by atoms with E-state index in [4.69, 9.17) is 10.5 Å². The maximum atomic E-state index is 11.2. The molecular formula is C14H18N2O5. The van der Waals surface area contributed by atoms with Crippen LogP contribution in [0.3, 0.4) is 0 Å². The van der Waals surface area contributed by atoms with Gasteiger partial charge in [-0.25, -0.2) is 0 Å². The Hall–Kier alpha value is -2.15.